The number of rotatable bonds is 7. The molecule has 5 heteroatoms. The SMILES string of the molecule is CCCNCc1nc(CN2CCN(CC)C(C)C2)cs1. The predicted octanol–water partition coefficient (Wildman–Crippen LogP) is 2.17. The van der Waals surface area contributed by atoms with Crippen molar-refractivity contribution >= 4 is 11.3 Å². The van der Waals surface area contributed by atoms with E-state index in [0.29, 0.717) is 6.04 Å². The smallest absolute Gasteiger partial charge is 0.107 e. The standard InChI is InChI=1S/C15H28N4S/c1-4-6-16-9-15-17-14(12-20-15)11-18-7-8-19(5-2)13(3)10-18/h12-13,16H,4-11H2,1-3H3. The van der Waals surface area contributed by atoms with E-state index in [2.05, 4.69) is 41.3 Å². The summed E-state index contributed by atoms with van der Waals surface area (Å²) in [6, 6.07) is 0.665. The second kappa shape index (κ2) is 8.08. The average Bonchev–Trinajstić information content (AvgIpc) is 2.87. The van der Waals surface area contributed by atoms with Gasteiger partial charge in [0.15, 0.2) is 0 Å². The summed E-state index contributed by atoms with van der Waals surface area (Å²) >= 11 is 1.78. The number of piperazine rings is 1. The van der Waals surface area contributed by atoms with Gasteiger partial charge in [-0.05, 0) is 26.4 Å². The summed E-state index contributed by atoms with van der Waals surface area (Å²) in [7, 11) is 0. The van der Waals surface area contributed by atoms with Crippen molar-refractivity contribution in [1.29, 1.82) is 0 Å². The normalized spacial score (nSPS) is 21.4. The molecule has 1 atom stereocenters. The molecule has 0 bridgehead atoms. The van der Waals surface area contributed by atoms with Gasteiger partial charge in [0.25, 0.3) is 0 Å². The Morgan fingerprint density at radius 3 is 2.95 bits per heavy atom. The molecule has 2 rings (SSSR count). The molecule has 1 saturated heterocycles. The molecule has 0 amide bonds. The van der Waals surface area contributed by atoms with Crippen LogP contribution in [0.5, 0.6) is 0 Å². The lowest BCUT2D eigenvalue weighted by atomic mass is 10.2. The molecule has 1 aromatic heterocycles. The van der Waals surface area contributed by atoms with E-state index >= 15 is 0 Å². The zero-order valence-electron chi connectivity index (χ0n) is 13.1. The molecule has 0 radical (unpaired) electrons. The Bertz CT molecular complexity index is 393. The molecule has 1 aliphatic rings. The molecular weight excluding hydrogens is 268 g/mol. The fourth-order valence-electron chi connectivity index (χ4n) is 2.79. The Hall–Kier alpha value is -0.490. The molecule has 1 aliphatic heterocycles. The third-order valence-corrected chi connectivity index (χ3v) is 4.84. The monoisotopic (exact) mass is 296 g/mol. The fourth-order valence-corrected chi connectivity index (χ4v) is 3.54. The van der Waals surface area contributed by atoms with Crippen LogP contribution in [0, 0.1) is 0 Å². The van der Waals surface area contributed by atoms with Crippen LogP contribution in [0.25, 0.3) is 0 Å². The first-order valence-electron chi connectivity index (χ1n) is 7.83. The number of hydrogen-bond donors (Lipinski definition) is 1. The Morgan fingerprint density at radius 1 is 1.40 bits per heavy atom. The van der Waals surface area contributed by atoms with Gasteiger partial charge in [-0.25, -0.2) is 4.98 Å². The van der Waals surface area contributed by atoms with Crippen LogP contribution in [0.4, 0.5) is 0 Å². The highest BCUT2D eigenvalue weighted by Gasteiger charge is 2.22. The number of thiazole rings is 1. The molecule has 0 aliphatic carbocycles. The van der Waals surface area contributed by atoms with Crippen molar-refractivity contribution in [2.24, 2.45) is 0 Å². The van der Waals surface area contributed by atoms with Crippen LogP contribution in [0.3, 0.4) is 0 Å². The largest absolute Gasteiger partial charge is 0.310 e. The predicted molar refractivity (Wildman–Crippen MR) is 86.1 cm³/mol. The molecule has 114 valence electrons. The third kappa shape index (κ3) is 4.52. The summed E-state index contributed by atoms with van der Waals surface area (Å²) in [6.45, 7) is 14.5. The van der Waals surface area contributed by atoms with Crippen molar-refractivity contribution in [3.05, 3.63) is 16.1 Å². The van der Waals surface area contributed by atoms with E-state index in [1.807, 2.05) is 0 Å². The van der Waals surface area contributed by atoms with Gasteiger partial charge in [-0.1, -0.05) is 13.8 Å². The topological polar surface area (TPSA) is 31.4 Å². The second-order valence-corrected chi connectivity index (χ2v) is 6.56. The van der Waals surface area contributed by atoms with Crippen LogP contribution in [0.15, 0.2) is 5.38 Å². The Balaban J connectivity index is 1.79. The van der Waals surface area contributed by atoms with Gasteiger partial charge in [0.1, 0.15) is 5.01 Å². The Kier molecular flexibility index (Phi) is 6.42. The molecular formula is C15H28N4S. The van der Waals surface area contributed by atoms with Crippen LogP contribution < -0.4 is 5.32 Å². The van der Waals surface area contributed by atoms with Gasteiger partial charge < -0.3 is 5.32 Å². The second-order valence-electron chi connectivity index (χ2n) is 5.62. The summed E-state index contributed by atoms with van der Waals surface area (Å²) in [5.41, 5.74) is 1.24. The van der Waals surface area contributed by atoms with Gasteiger partial charge in [-0.3, -0.25) is 9.80 Å². The number of hydrogen-bond acceptors (Lipinski definition) is 5. The molecule has 2 heterocycles. The minimum Gasteiger partial charge on any atom is -0.310 e. The van der Waals surface area contributed by atoms with E-state index in [0.717, 1.165) is 26.2 Å². The fraction of sp³-hybridized carbons (Fsp3) is 0.800. The van der Waals surface area contributed by atoms with Crippen LogP contribution in [-0.4, -0.2) is 53.5 Å². The van der Waals surface area contributed by atoms with Crippen LogP contribution >= 0.6 is 11.3 Å². The maximum Gasteiger partial charge on any atom is 0.107 e. The molecule has 1 N–H and O–H groups in total. The highest BCUT2D eigenvalue weighted by Crippen LogP contribution is 2.15. The summed E-state index contributed by atoms with van der Waals surface area (Å²) in [5, 5.41) is 6.85. The van der Waals surface area contributed by atoms with Gasteiger partial charge in [0, 0.05) is 44.1 Å². The third-order valence-electron chi connectivity index (χ3n) is 3.94. The summed E-state index contributed by atoms with van der Waals surface area (Å²) in [5.74, 6) is 0. The van der Waals surface area contributed by atoms with Crippen LogP contribution in [0.1, 0.15) is 37.9 Å². The highest BCUT2D eigenvalue weighted by atomic mass is 32.1. The first kappa shape index (κ1) is 15.9. The van der Waals surface area contributed by atoms with Crippen molar-refractivity contribution < 1.29 is 0 Å². The number of aromatic nitrogens is 1. The van der Waals surface area contributed by atoms with Crippen LogP contribution in [0.2, 0.25) is 0 Å². The van der Waals surface area contributed by atoms with Crippen molar-refractivity contribution in [1.82, 2.24) is 20.1 Å². The number of likely N-dealkylation sites (N-methyl/N-ethyl adjacent to an activating group) is 1. The molecule has 1 aromatic rings. The minimum absolute atomic E-state index is 0.665. The zero-order chi connectivity index (χ0) is 14.4. The first-order valence-corrected chi connectivity index (χ1v) is 8.71. The Morgan fingerprint density at radius 2 is 2.25 bits per heavy atom. The van der Waals surface area contributed by atoms with Gasteiger partial charge in [-0.2, -0.15) is 0 Å². The lowest BCUT2D eigenvalue weighted by Crippen LogP contribution is -2.51. The number of nitrogens with zero attached hydrogens (tertiary/aromatic N) is 3. The van der Waals surface area contributed by atoms with E-state index < -0.39 is 0 Å². The van der Waals surface area contributed by atoms with Crippen LogP contribution in [-0.2, 0) is 13.1 Å². The van der Waals surface area contributed by atoms with Crippen molar-refractivity contribution in [3.63, 3.8) is 0 Å². The molecule has 1 unspecified atom stereocenters. The first-order chi connectivity index (χ1) is 9.72. The van der Waals surface area contributed by atoms with Gasteiger partial charge in [0.2, 0.25) is 0 Å². The van der Waals surface area contributed by atoms with E-state index in [9.17, 15) is 0 Å². The molecule has 0 saturated carbocycles. The molecule has 0 aromatic carbocycles. The summed E-state index contributed by atoms with van der Waals surface area (Å²) < 4.78 is 0. The summed E-state index contributed by atoms with van der Waals surface area (Å²) in [4.78, 5) is 9.83. The van der Waals surface area contributed by atoms with Gasteiger partial charge >= 0.3 is 0 Å². The van der Waals surface area contributed by atoms with E-state index in [-0.39, 0.29) is 0 Å². The Labute approximate surface area is 127 Å². The zero-order valence-corrected chi connectivity index (χ0v) is 13.9. The molecule has 4 nitrogen and oxygen atoms in total. The maximum atomic E-state index is 4.74. The van der Waals surface area contributed by atoms with E-state index in [1.54, 1.807) is 11.3 Å². The molecule has 1 fully saturated rings. The number of nitrogens with one attached hydrogen (secondary N) is 1. The van der Waals surface area contributed by atoms with E-state index in [1.165, 1.54) is 36.8 Å². The van der Waals surface area contributed by atoms with Crippen molar-refractivity contribution in [2.75, 3.05) is 32.7 Å². The van der Waals surface area contributed by atoms with E-state index in [4.69, 9.17) is 4.98 Å². The maximum absolute atomic E-state index is 4.74. The summed E-state index contributed by atoms with van der Waals surface area (Å²) in [6.07, 6.45) is 1.18. The quantitative estimate of drug-likeness (QED) is 0.782. The molecule has 20 heavy (non-hydrogen) atoms. The highest BCUT2D eigenvalue weighted by molar-refractivity contribution is 7.09. The lowest BCUT2D eigenvalue weighted by molar-refractivity contribution is 0.0827. The van der Waals surface area contributed by atoms with Crippen molar-refractivity contribution in [3.8, 4) is 0 Å². The lowest BCUT2D eigenvalue weighted by Gasteiger charge is -2.39. The van der Waals surface area contributed by atoms with Crippen molar-refractivity contribution in [2.45, 2.75) is 46.3 Å². The average molecular weight is 296 g/mol. The molecule has 0 spiro atoms. The van der Waals surface area contributed by atoms with Gasteiger partial charge in [-0.15, -0.1) is 11.3 Å². The van der Waals surface area contributed by atoms with Gasteiger partial charge in [0.05, 0.1) is 5.69 Å². The minimum atomic E-state index is 0.665.